The van der Waals surface area contributed by atoms with Gasteiger partial charge in [-0.2, -0.15) is 0 Å². The highest BCUT2D eigenvalue weighted by Crippen LogP contribution is 2.08. The van der Waals surface area contributed by atoms with E-state index in [1.54, 1.807) is 11.8 Å². The number of carbonyl (C=O) groups excluding carboxylic acids is 2. The van der Waals surface area contributed by atoms with Crippen LogP contribution in [0.25, 0.3) is 0 Å². The minimum atomic E-state index is -0.944. The molecule has 1 fully saturated rings. The minimum Gasteiger partial charge on any atom is -0.481 e. The number of hydrogen-bond donors (Lipinski definition) is 2. The summed E-state index contributed by atoms with van der Waals surface area (Å²) in [5.41, 5.74) is 0. The van der Waals surface area contributed by atoms with Crippen LogP contribution in [0, 0.1) is 0 Å². The summed E-state index contributed by atoms with van der Waals surface area (Å²) < 4.78 is 0. The number of rotatable bonds is 6. The monoisotopic (exact) mass is 285 g/mol. The molecule has 0 aliphatic carbocycles. The average molecular weight is 285 g/mol. The van der Waals surface area contributed by atoms with E-state index in [0.717, 1.165) is 32.4 Å². The second-order valence-corrected chi connectivity index (χ2v) is 4.82. The third-order valence-electron chi connectivity index (χ3n) is 3.36. The number of piperidine rings is 1. The predicted octanol–water partition coefficient (Wildman–Crippen LogP) is 0.505. The van der Waals surface area contributed by atoms with E-state index in [2.05, 4.69) is 5.32 Å². The van der Waals surface area contributed by atoms with Crippen LogP contribution in [0.1, 0.15) is 32.6 Å². The van der Waals surface area contributed by atoms with Crippen molar-refractivity contribution >= 4 is 17.9 Å². The van der Waals surface area contributed by atoms with Gasteiger partial charge in [-0.15, -0.1) is 0 Å². The molecule has 1 aliphatic heterocycles. The molecule has 1 rings (SSSR count). The van der Waals surface area contributed by atoms with Crippen LogP contribution in [0.4, 0.5) is 4.79 Å². The lowest BCUT2D eigenvalue weighted by atomic mass is 10.1. The van der Waals surface area contributed by atoms with Crippen molar-refractivity contribution in [2.45, 2.75) is 32.6 Å². The van der Waals surface area contributed by atoms with Crippen molar-refractivity contribution in [3.8, 4) is 0 Å². The minimum absolute atomic E-state index is 0.0254. The molecular formula is C13H23N3O4. The highest BCUT2D eigenvalue weighted by molar-refractivity contribution is 5.84. The smallest absolute Gasteiger partial charge is 0.317 e. The molecule has 0 aromatic carbocycles. The summed E-state index contributed by atoms with van der Waals surface area (Å²) in [6.07, 6.45) is 3.08. The van der Waals surface area contributed by atoms with Gasteiger partial charge in [-0.05, 0) is 26.2 Å². The van der Waals surface area contributed by atoms with Crippen LogP contribution in [-0.4, -0.2) is 65.5 Å². The van der Waals surface area contributed by atoms with Crippen molar-refractivity contribution in [2.24, 2.45) is 0 Å². The fourth-order valence-electron chi connectivity index (χ4n) is 2.15. The molecule has 0 aromatic heterocycles. The maximum absolute atomic E-state index is 11.9. The normalized spacial score (nSPS) is 14.8. The fraction of sp³-hybridized carbons (Fsp3) is 0.769. The molecule has 0 saturated carbocycles. The SMILES string of the molecule is CCN(CCC(=O)O)C(=O)NCC(=O)N1CCCCC1. The van der Waals surface area contributed by atoms with E-state index < -0.39 is 5.97 Å². The summed E-state index contributed by atoms with van der Waals surface area (Å²) in [7, 11) is 0. The Kier molecular flexibility index (Phi) is 6.83. The molecular weight excluding hydrogens is 262 g/mol. The van der Waals surface area contributed by atoms with Gasteiger partial charge in [0.2, 0.25) is 5.91 Å². The van der Waals surface area contributed by atoms with E-state index in [0.29, 0.717) is 6.54 Å². The van der Waals surface area contributed by atoms with Gasteiger partial charge < -0.3 is 20.2 Å². The molecule has 1 saturated heterocycles. The highest BCUT2D eigenvalue weighted by Gasteiger charge is 2.18. The number of carbonyl (C=O) groups is 3. The quantitative estimate of drug-likeness (QED) is 0.744. The zero-order chi connectivity index (χ0) is 15.0. The molecule has 20 heavy (non-hydrogen) atoms. The van der Waals surface area contributed by atoms with Crippen LogP contribution in [0.15, 0.2) is 0 Å². The number of nitrogens with zero attached hydrogens (tertiary/aromatic N) is 2. The van der Waals surface area contributed by atoms with Gasteiger partial charge in [-0.3, -0.25) is 9.59 Å². The third-order valence-corrected chi connectivity index (χ3v) is 3.36. The average Bonchev–Trinajstić information content (AvgIpc) is 2.46. The summed E-state index contributed by atoms with van der Waals surface area (Å²) in [5, 5.41) is 11.2. The number of hydrogen-bond acceptors (Lipinski definition) is 3. The Morgan fingerprint density at radius 3 is 2.40 bits per heavy atom. The second kappa shape index (κ2) is 8.39. The van der Waals surface area contributed by atoms with E-state index in [4.69, 9.17) is 5.11 Å². The first-order chi connectivity index (χ1) is 9.54. The van der Waals surface area contributed by atoms with Crippen molar-refractivity contribution in [2.75, 3.05) is 32.7 Å². The van der Waals surface area contributed by atoms with Crippen LogP contribution in [0.3, 0.4) is 0 Å². The lowest BCUT2D eigenvalue weighted by Crippen LogP contribution is -2.47. The Bertz CT molecular complexity index is 354. The molecule has 0 radical (unpaired) electrons. The maximum atomic E-state index is 11.9. The Hall–Kier alpha value is -1.79. The number of carboxylic acid groups (broad SMARTS) is 1. The molecule has 0 unspecified atom stereocenters. The van der Waals surface area contributed by atoms with E-state index in [9.17, 15) is 14.4 Å². The molecule has 0 spiro atoms. The summed E-state index contributed by atoms with van der Waals surface area (Å²) >= 11 is 0. The van der Waals surface area contributed by atoms with Gasteiger partial charge in [0, 0.05) is 26.2 Å². The van der Waals surface area contributed by atoms with Gasteiger partial charge in [-0.1, -0.05) is 0 Å². The van der Waals surface area contributed by atoms with Gasteiger partial charge in [0.25, 0.3) is 0 Å². The second-order valence-electron chi connectivity index (χ2n) is 4.82. The first-order valence-corrected chi connectivity index (χ1v) is 7.07. The molecule has 7 nitrogen and oxygen atoms in total. The zero-order valence-corrected chi connectivity index (χ0v) is 11.9. The van der Waals surface area contributed by atoms with E-state index >= 15 is 0 Å². The predicted molar refractivity (Wildman–Crippen MR) is 73.3 cm³/mol. The Balaban J connectivity index is 2.32. The third kappa shape index (κ3) is 5.46. The van der Waals surface area contributed by atoms with Crippen LogP contribution in [0.5, 0.6) is 0 Å². The van der Waals surface area contributed by atoms with Crippen molar-refractivity contribution in [1.82, 2.24) is 15.1 Å². The standard InChI is InChI=1S/C13H23N3O4/c1-2-15(9-6-12(18)19)13(20)14-10-11(17)16-7-4-3-5-8-16/h2-10H2,1H3,(H,14,20)(H,18,19). The molecule has 0 aromatic rings. The van der Waals surface area contributed by atoms with E-state index in [-0.39, 0.29) is 31.4 Å². The molecule has 0 atom stereocenters. The molecule has 0 bridgehead atoms. The largest absolute Gasteiger partial charge is 0.481 e. The number of aliphatic carboxylic acids is 1. The maximum Gasteiger partial charge on any atom is 0.317 e. The first-order valence-electron chi connectivity index (χ1n) is 7.07. The Morgan fingerprint density at radius 2 is 1.85 bits per heavy atom. The number of amides is 3. The topological polar surface area (TPSA) is 90.0 Å². The summed E-state index contributed by atoms with van der Waals surface area (Å²) in [5.74, 6) is -1.02. The van der Waals surface area contributed by atoms with Gasteiger partial charge >= 0.3 is 12.0 Å². The zero-order valence-electron chi connectivity index (χ0n) is 11.9. The van der Waals surface area contributed by atoms with Gasteiger partial charge in [0.1, 0.15) is 0 Å². The number of urea groups is 1. The molecule has 2 N–H and O–H groups in total. The van der Waals surface area contributed by atoms with Crippen LogP contribution in [-0.2, 0) is 9.59 Å². The van der Waals surface area contributed by atoms with E-state index in [1.165, 1.54) is 4.90 Å². The molecule has 7 heteroatoms. The first kappa shape index (κ1) is 16.3. The summed E-state index contributed by atoms with van der Waals surface area (Å²) in [6.45, 7) is 3.82. The van der Waals surface area contributed by atoms with E-state index in [1.807, 2.05) is 0 Å². The van der Waals surface area contributed by atoms with Crippen molar-refractivity contribution in [3.05, 3.63) is 0 Å². The molecule has 114 valence electrons. The number of nitrogens with one attached hydrogen (secondary N) is 1. The van der Waals surface area contributed by atoms with Crippen LogP contribution < -0.4 is 5.32 Å². The van der Waals surface area contributed by atoms with Gasteiger partial charge in [0.15, 0.2) is 0 Å². The lowest BCUT2D eigenvalue weighted by Gasteiger charge is -2.27. The Labute approximate surface area is 118 Å². The van der Waals surface area contributed by atoms with Gasteiger partial charge in [0.05, 0.1) is 13.0 Å². The summed E-state index contributed by atoms with van der Waals surface area (Å²) in [4.78, 5) is 37.3. The van der Waals surface area contributed by atoms with Crippen LogP contribution in [0.2, 0.25) is 0 Å². The van der Waals surface area contributed by atoms with Crippen molar-refractivity contribution in [3.63, 3.8) is 0 Å². The lowest BCUT2D eigenvalue weighted by molar-refractivity contribution is -0.137. The Morgan fingerprint density at radius 1 is 1.20 bits per heavy atom. The molecule has 1 aliphatic rings. The number of carboxylic acids is 1. The van der Waals surface area contributed by atoms with Crippen molar-refractivity contribution in [1.29, 1.82) is 0 Å². The van der Waals surface area contributed by atoms with Gasteiger partial charge in [-0.25, -0.2) is 4.79 Å². The number of likely N-dealkylation sites (tertiary alicyclic amines) is 1. The molecule has 3 amide bonds. The van der Waals surface area contributed by atoms with Crippen LogP contribution >= 0.6 is 0 Å². The highest BCUT2D eigenvalue weighted by atomic mass is 16.4. The molecule has 1 heterocycles. The fourth-order valence-corrected chi connectivity index (χ4v) is 2.15. The summed E-state index contributed by atoms with van der Waals surface area (Å²) in [6, 6.07) is -0.390. The van der Waals surface area contributed by atoms with Crippen molar-refractivity contribution < 1.29 is 19.5 Å².